The number of rotatable bonds is 4. The molecule has 2 heterocycles. The Morgan fingerprint density at radius 2 is 1.54 bits per heavy atom. The number of amidine groups is 1. The zero-order chi connectivity index (χ0) is 23.8. The molecule has 3 unspecified atom stereocenters. The Morgan fingerprint density at radius 1 is 0.886 bits per heavy atom. The van der Waals surface area contributed by atoms with Crippen molar-refractivity contribution >= 4 is 29.0 Å². The molecule has 0 fully saturated rings. The molecule has 0 spiro atoms. The average Bonchev–Trinajstić information content (AvgIpc) is 3.22. The van der Waals surface area contributed by atoms with Crippen LogP contribution in [0, 0.1) is 5.21 Å². The van der Waals surface area contributed by atoms with Gasteiger partial charge in [-0.05, 0) is 17.7 Å². The fourth-order valence-corrected chi connectivity index (χ4v) is 6.14. The van der Waals surface area contributed by atoms with Gasteiger partial charge in [-0.3, -0.25) is 4.90 Å². The maximum Gasteiger partial charge on any atom is 0.242 e. The lowest BCUT2D eigenvalue weighted by atomic mass is 9.92. The van der Waals surface area contributed by atoms with Crippen LogP contribution in [0.1, 0.15) is 28.4 Å². The Kier molecular flexibility index (Phi) is 5.54. The van der Waals surface area contributed by atoms with Crippen LogP contribution in [0.15, 0.2) is 119 Å². The number of anilines is 1. The number of thioether (sulfide) groups is 1. The molecule has 0 aromatic heterocycles. The Morgan fingerprint density at radius 3 is 2.26 bits per heavy atom. The van der Waals surface area contributed by atoms with Crippen molar-refractivity contribution in [3.05, 3.63) is 131 Å². The van der Waals surface area contributed by atoms with E-state index in [0.29, 0.717) is 6.42 Å². The third-order valence-electron chi connectivity index (χ3n) is 6.48. The van der Waals surface area contributed by atoms with Crippen LogP contribution >= 0.6 is 11.8 Å². The smallest absolute Gasteiger partial charge is 0.242 e. The predicted molar refractivity (Wildman–Crippen MR) is 137 cm³/mol. The molecule has 35 heavy (non-hydrogen) atoms. The summed E-state index contributed by atoms with van der Waals surface area (Å²) in [6.45, 7) is 0. The van der Waals surface area contributed by atoms with Crippen LogP contribution in [0.2, 0.25) is 0 Å². The molecule has 3 atom stereocenters. The summed E-state index contributed by atoms with van der Waals surface area (Å²) >= 11 is 1.77. The first-order chi connectivity index (χ1) is 17.2. The minimum atomic E-state index is -0.928. The highest BCUT2D eigenvalue weighted by Crippen LogP contribution is 2.56. The molecule has 0 saturated heterocycles. The van der Waals surface area contributed by atoms with Crippen molar-refractivity contribution in [2.24, 2.45) is 5.16 Å². The molecule has 0 amide bonds. The van der Waals surface area contributed by atoms with Crippen LogP contribution in [-0.2, 0) is 10.6 Å². The Hall–Kier alpha value is -3.62. The van der Waals surface area contributed by atoms with Gasteiger partial charge in [0.05, 0.1) is 5.69 Å². The number of nitrogens with one attached hydrogen (secondary N) is 1. The molecule has 0 aliphatic carbocycles. The van der Waals surface area contributed by atoms with Crippen molar-refractivity contribution in [2.45, 2.75) is 22.3 Å². The van der Waals surface area contributed by atoms with Gasteiger partial charge in [0, 0.05) is 39.8 Å². The largest absolute Gasteiger partial charge is 0.595 e. The minimum Gasteiger partial charge on any atom is -0.595 e. The Balaban J connectivity index is 1.53. The van der Waals surface area contributed by atoms with E-state index in [1.54, 1.807) is 23.9 Å². The number of oxime groups is 1. The van der Waals surface area contributed by atoms with E-state index in [9.17, 15) is 10.4 Å². The summed E-state index contributed by atoms with van der Waals surface area (Å²) in [6, 6.07) is 35.8. The first kappa shape index (κ1) is 21.9. The summed E-state index contributed by atoms with van der Waals surface area (Å²) in [5, 5.41) is 24.5. The molecule has 2 aliphatic heterocycles. The maximum absolute atomic E-state index is 11.4. The van der Waals surface area contributed by atoms with Crippen LogP contribution < -0.4 is 10.1 Å². The minimum absolute atomic E-state index is 0.00882. The second-order valence-electron chi connectivity index (χ2n) is 8.56. The number of hydrogen-bond acceptors (Lipinski definition) is 6. The molecule has 0 radical (unpaired) electrons. The van der Waals surface area contributed by atoms with E-state index < -0.39 is 11.0 Å². The topological polar surface area (TPSA) is 72.6 Å². The molecule has 0 saturated carbocycles. The summed E-state index contributed by atoms with van der Waals surface area (Å²) in [7, 11) is 0. The molecule has 6 rings (SSSR count). The highest BCUT2D eigenvalue weighted by atomic mass is 32.2. The zero-order valence-electron chi connectivity index (χ0n) is 18.7. The highest BCUT2D eigenvalue weighted by molar-refractivity contribution is 7.99. The van der Waals surface area contributed by atoms with Gasteiger partial charge in [-0.1, -0.05) is 90.1 Å². The quantitative estimate of drug-likeness (QED) is 0.383. The molecule has 2 N–H and O–H groups in total. The van der Waals surface area contributed by atoms with Crippen molar-refractivity contribution in [3.8, 4) is 0 Å². The van der Waals surface area contributed by atoms with E-state index >= 15 is 0 Å². The lowest BCUT2D eigenvalue weighted by Crippen LogP contribution is -2.99. The molecular formula is C28H23N3O3S. The van der Waals surface area contributed by atoms with Gasteiger partial charge in [0.1, 0.15) is 0 Å². The molecular weight excluding hydrogens is 458 g/mol. The van der Waals surface area contributed by atoms with Gasteiger partial charge in [-0.25, -0.2) is 5.21 Å². The summed E-state index contributed by atoms with van der Waals surface area (Å²) in [4.78, 5) is 9.80. The maximum atomic E-state index is 11.4. The van der Waals surface area contributed by atoms with E-state index in [1.807, 2.05) is 72.8 Å². The SMILES string of the molecule is [O-][NH+](O)c1ccc(C2CC3(c4ccccc4)ON=C(c4ccccc4)N3c3ccccc3S2)cc1. The number of hydrogen-bond donors (Lipinski definition) is 2. The van der Waals surface area contributed by atoms with Crippen molar-refractivity contribution in [2.75, 3.05) is 4.90 Å². The third-order valence-corrected chi connectivity index (χ3v) is 7.80. The number of nitrogens with zero attached hydrogens (tertiary/aromatic N) is 2. The normalized spacial score (nSPS) is 21.8. The molecule has 0 bridgehead atoms. The second-order valence-corrected chi connectivity index (χ2v) is 9.81. The van der Waals surface area contributed by atoms with Crippen LogP contribution in [0.4, 0.5) is 11.4 Å². The first-order valence-electron chi connectivity index (χ1n) is 11.4. The van der Waals surface area contributed by atoms with Gasteiger partial charge in [0.25, 0.3) is 0 Å². The van der Waals surface area contributed by atoms with Gasteiger partial charge >= 0.3 is 0 Å². The van der Waals surface area contributed by atoms with Crippen molar-refractivity contribution in [1.82, 2.24) is 0 Å². The van der Waals surface area contributed by atoms with E-state index in [0.717, 1.165) is 33.1 Å². The summed E-state index contributed by atoms with van der Waals surface area (Å²) in [5.74, 6) is 0.768. The molecule has 7 heteroatoms. The van der Waals surface area contributed by atoms with Gasteiger partial charge in [0.15, 0.2) is 11.5 Å². The lowest BCUT2D eigenvalue weighted by Gasteiger charge is -2.37. The summed E-state index contributed by atoms with van der Waals surface area (Å²) < 4.78 is 0. The van der Waals surface area contributed by atoms with Gasteiger partial charge in [-0.15, -0.1) is 11.8 Å². The zero-order valence-corrected chi connectivity index (χ0v) is 19.6. The molecule has 2 aliphatic rings. The molecule has 6 nitrogen and oxygen atoms in total. The van der Waals surface area contributed by atoms with Crippen molar-refractivity contribution < 1.29 is 15.3 Å². The average molecular weight is 482 g/mol. The standard InChI is InChI=1S/C28H23N3O3S/c32-31(33)23-17-15-20(16-18-23)26-19-28(22-11-5-2-6-12-22)30(24-13-7-8-14-25(24)35-26)27(29-34-28)21-9-3-1-4-10-21/h1-18,26,31-32H,19H2. The highest BCUT2D eigenvalue weighted by Gasteiger charge is 2.52. The lowest BCUT2D eigenvalue weighted by molar-refractivity contribution is -0.991. The number of para-hydroxylation sites is 1. The molecule has 4 aromatic rings. The van der Waals surface area contributed by atoms with Gasteiger partial charge in [-0.2, -0.15) is 5.23 Å². The fraction of sp³-hybridized carbons (Fsp3) is 0.107. The van der Waals surface area contributed by atoms with E-state index in [2.05, 4.69) is 34.3 Å². The third kappa shape index (κ3) is 3.79. The van der Waals surface area contributed by atoms with E-state index in [1.165, 1.54) is 0 Å². The van der Waals surface area contributed by atoms with Gasteiger partial charge in [0.2, 0.25) is 5.72 Å². The van der Waals surface area contributed by atoms with E-state index in [-0.39, 0.29) is 10.9 Å². The van der Waals surface area contributed by atoms with Crippen LogP contribution in [0.5, 0.6) is 0 Å². The van der Waals surface area contributed by atoms with Crippen LogP contribution in [-0.4, -0.2) is 11.0 Å². The van der Waals surface area contributed by atoms with Crippen molar-refractivity contribution in [1.29, 1.82) is 0 Å². The number of quaternary nitrogens is 1. The van der Waals surface area contributed by atoms with Crippen LogP contribution in [0.3, 0.4) is 0 Å². The molecule has 4 aromatic carbocycles. The number of fused-ring (bicyclic) bond motifs is 3. The summed E-state index contributed by atoms with van der Waals surface area (Å²) in [5.41, 5.74) is 3.49. The number of benzene rings is 4. The first-order valence-corrected chi connectivity index (χ1v) is 12.3. The molecule has 174 valence electrons. The monoisotopic (exact) mass is 481 g/mol. The Bertz CT molecular complexity index is 1360. The van der Waals surface area contributed by atoms with E-state index in [4.69, 9.17) is 4.84 Å². The summed E-state index contributed by atoms with van der Waals surface area (Å²) in [6.07, 6.45) is 0.614. The van der Waals surface area contributed by atoms with Crippen LogP contribution in [0.25, 0.3) is 0 Å². The van der Waals surface area contributed by atoms with Crippen molar-refractivity contribution in [3.63, 3.8) is 0 Å². The predicted octanol–water partition coefficient (Wildman–Crippen LogP) is 5.38. The second kappa shape index (κ2) is 8.87. The van der Waals surface area contributed by atoms with Gasteiger partial charge < -0.3 is 10.0 Å². The Labute approximate surface area is 207 Å². The fourth-order valence-electron chi connectivity index (χ4n) is 4.79.